The molecule has 3 aromatic rings. The SMILES string of the molecule is CC(C)(O)c1cc(F)c2c(c1)C(=O)N(Cc1ccc(Cl)cn1)C2(OCC1(CN)CC1)c1ccc(Cl)cc1. The van der Waals surface area contributed by atoms with Crippen LogP contribution in [0.4, 0.5) is 4.39 Å². The van der Waals surface area contributed by atoms with Gasteiger partial charge in [-0.1, -0.05) is 35.3 Å². The number of nitrogens with zero attached hydrogens (tertiary/aromatic N) is 2. The highest BCUT2D eigenvalue weighted by molar-refractivity contribution is 6.30. The highest BCUT2D eigenvalue weighted by Gasteiger charge is 2.56. The number of hydrogen-bond acceptors (Lipinski definition) is 5. The summed E-state index contributed by atoms with van der Waals surface area (Å²) >= 11 is 12.2. The number of ether oxygens (including phenoxy) is 1. The number of fused-ring (bicyclic) bond motifs is 1. The third-order valence-corrected chi connectivity index (χ3v) is 7.79. The molecule has 1 atom stereocenters. The van der Waals surface area contributed by atoms with Crippen molar-refractivity contribution in [2.45, 2.75) is 44.6 Å². The van der Waals surface area contributed by atoms with Gasteiger partial charge >= 0.3 is 0 Å². The van der Waals surface area contributed by atoms with E-state index in [1.165, 1.54) is 17.2 Å². The van der Waals surface area contributed by atoms with Gasteiger partial charge in [0, 0.05) is 28.7 Å². The van der Waals surface area contributed by atoms with E-state index in [1.54, 1.807) is 56.3 Å². The number of carbonyl (C=O) groups excluding carboxylic acids is 1. The first kappa shape index (κ1) is 26.1. The molecule has 194 valence electrons. The van der Waals surface area contributed by atoms with Gasteiger partial charge in [-0.3, -0.25) is 14.7 Å². The zero-order valence-corrected chi connectivity index (χ0v) is 22.1. The van der Waals surface area contributed by atoms with Crippen molar-refractivity contribution in [3.05, 3.63) is 98.5 Å². The van der Waals surface area contributed by atoms with Crippen LogP contribution in [-0.2, 0) is 22.6 Å². The van der Waals surface area contributed by atoms with Crippen molar-refractivity contribution < 1.29 is 19.0 Å². The summed E-state index contributed by atoms with van der Waals surface area (Å²) in [6, 6.07) is 13.0. The minimum atomic E-state index is -1.61. The van der Waals surface area contributed by atoms with Gasteiger partial charge in [0.25, 0.3) is 5.91 Å². The summed E-state index contributed by atoms with van der Waals surface area (Å²) in [5.41, 5.74) is 4.45. The zero-order valence-electron chi connectivity index (χ0n) is 20.6. The van der Waals surface area contributed by atoms with Gasteiger partial charge in [-0.15, -0.1) is 0 Å². The fourth-order valence-corrected chi connectivity index (χ4v) is 5.03. The standard InChI is InChI=1S/C28H28Cl2FN3O3/c1-26(2,36)18-11-22-24(23(31)12-18)28(17-3-5-19(29)6-4-17,37-16-27(15-32)9-10-27)34(25(22)35)14-21-8-7-20(30)13-33-21/h3-8,11-13,36H,9-10,14-16,32H2,1-2H3. The molecule has 9 heteroatoms. The second kappa shape index (κ2) is 9.33. The molecule has 0 spiro atoms. The number of rotatable bonds is 8. The lowest BCUT2D eigenvalue weighted by Gasteiger charge is -2.40. The van der Waals surface area contributed by atoms with Gasteiger partial charge in [-0.05, 0) is 68.7 Å². The molecule has 5 rings (SSSR count). The maximum absolute atomic E-state index is 16.1. The zero-order chi connectivity index (χ0) is 26.6. The summed E-state index contributed by atoms with van der Waals surface area (Å²) in [5.74, 6) is -1.09. The van der Waals surface area contributed by atoms with E-state index in [-0.39, 0.29) is 35.3 Å². The summed E-state index contributed by atoms with van der Waals surface area (Å²) in [7, 11) is 0. The van der Waals surface area contributed by atoms with Crippen LogP contribution in [-0.4, -0.2) is 34.0 Å². The van der Waals surface area contributed by atoms with Gasteiger partial charge < -0.3 is 15.6 Å². The molecule has 1 amide bonds. The van der Waals surface area contributed by atoms with Crippen LogP contribution in [0.25, 0.3) is 0 Å². The molecular formula is C28H28Cl2FN3O3. The van der Waals surface area contributed by atoms with Gasteiger partial charge in [0.2, 0.25) is 0 Å². The molecule has 3 N–H and O–H groups in total. The lowest BCUT2D eigenvalue weighted by atomic mass is 9.88. The Bertz CT molecular complexity index is 1340. The Morgan fingerprint density at radius 3 is 2.38 bits per heavy atom. The maximum atomic E-state index is 16.1. The van der Waals surface area contributed by atoms with Crippen LogP contribution in [0.1, 0.15) is 59.4 Å². The van der Waals surface area contributed by atoms with Crippen LogP contribution >= 0.6 is 23.2 Å². The molecule has 6 nitrogen and oxygen atoms in total. The van der Waals surface area contributed by atoms with Crippen molar-refractivity contribution in [3.63, 3.8) is 0 Å². The van der Waals surface area contributed by atoms with Crippen molar-refractivity contribution in [1.29, 1.82) is 0 Å². The predicted molar refractivity (Wildman–Crippen MR) is 140 cm³/mol. The van der Waals surface area contributed by atoms with E-state index in [1.807, 2.05) is 0 Å². The Labute approximate surface area is 225 Å². The second-order valence-electron chi connectivity index (χ2n) is 10.4. The van der Waals surface area contributed by atoms with E-state index >= 15 is 4.39 Å². The number of aliphatic hydroxyl groups is 1. The first-order valence-electron chi connectivity index (χ1n) is 12.1. The number of aromatic nitrogens is 1. The molecule has 1 fully saturated rings. The molecule has 2 aliphatic rings. The van der Waals surface area contributed by atoms with Gasteiger partial charge in [0.1, 0.15) is 5.82 Å². The van der Waals surface area contributed by atoms with E-state index in [9.17, 15) is 9.90 Å². The Kier molecular flexibility index (Phi) is 6.57. The molecule has 0 radical (unpaired) electrons. The summed E-state index contributed by atoms with van der Waals surface area (Å²) in [6.07, 6.45) is 3.27. The number of nitrogens with two attached hydrogens (primary N) is 1. The Balaban J connectivity index is 1.74. The maximum Gasteiger partial charge on any atom is 0.257 e. The fraction of sp³-hybridized carbons (Fsp3) is 0.357. The van der Waals surface area contributed by atoms with Crippen LogP contribution in [0.3, 0.4) is 0 Å². The van der Waals surface area contributed by atoms with E-state index in [0.717, 1.165) is 12.8 Å². The summed E-state index contributed by atoms with van der Waals surface area (Å²) in [6.45, 7) is 3.77. The average Bonchev–Trinajstić information content (AvgIpc) is 3.60. The van der Waals surface area contributed by atoms with E-state index in [0.29, 0.717) is 27.8 Å². The van der Waals surface area contributed by atoms with Crippen molar-refractivity contribution >= 4 is 29.1 Å². The van der Waals surface area contributed by atoms with Gasteiger partial charge in [-0.25, -0.2) is 4.39 Å². The summed E-state index contributed by atoms with van der Waals surface area (Å²) < 4.78 is 22.8. The fourth-order valence-electron chi connectivity index (χ4n) is 4.79. The summed E-state index contributed by atoms with van der Waals surface area (Å²) in [5, 5.41) is 11.6. The van der Waals surface area contributed by atoms with Gasteiger partial charge in [-0.2, -0.15) is 0 Å². The molecule has 1 aliphatic heterocycles. The lowest BCUT2D eigenvalue weighted by molar-refractivity contribution is -0.126. The van der Waals surface area contributed by atoms with Crippen LogP contribution in [0.15, 0.2) is 54.7 Å². The third-order valence-electron chi connectivity index (χ3n) is 7.31. The van der Waals surface area contributed by atoms with Crippen molar-refractivity contribution in [2.75, 3.05) is 13.2 Å². The number of hydrogen-bond donors (Lipinski definition) is 2. The van der Waals surface area contributed by atoms with Gasteiger partial charge in [0.05, 0.1) is 40.6 Å². The molecule has 2 heterocycles. The highest BCUT2D eigenvalue weighted by atomic mass is 35.5. The molecule has 37 heavy (non-hydrogen) atoms. The topological polar surface area (TPSA) is 88.7 Å². The minimum absolute atomic E-state index is 0.0280. The molecule has 0 saturated heterocycles. The first-order valence-corrected chi connectivity index (χ1v) is 12.8. The predicted octanol–water partition coefficient (Wildman–Crippen LogP) is 5.37. The van der Waals surface area contributed by atoms with E-state index < -0.39 is 23.1 Å². The van der Waals surface area contributed by atoms with Crippen LogP contribution in [0.2, 0.25) is 10.0 Å². The third kappa shape index (κ3) is 4.64. The number of carbonyl (C=O) groups is 1. The normalized spacial score (nSPS) is 20.3. The van der Waals surface area contributed by atoms with Crippen molar-refractivity contribution in [2.24, 2.45) is 11.1 Å². The van der Waals surface area contributed by atoms with E-state index in [4.69, 9.17) is 33.7 Å². The van der Waals surface area contributed by atoms with Gasteiger partial charge in [0.15, 0.2) is 5.72 Å². The van der Waals surface area contributed by atoms with Crippen molar-refractivity contribution in [1.82, 2.24) is 9.88 Å². The average molecular weight is 544 g/mol. The van der Waals surface area contributed by atoms with Crippen LogP contribution in [0.5, 0.6) is 0 Å². The monoisotopic (exact) mass is 543 g/mol. The molecular weight excluding hydrogens is 516 g/mol. The Morgan fingerprint density at radius 2 is 1.81 bits per heavy atom. The molecule has 1 saturated carbocycles. The first-order chi connectivity index (χ1) is 17.5. The molecule has 0 bridgehead atoms. The molecule has 2 aromatic carbocycles. The number of halogens is 3. The summed E-state index contributed by atoms with van der Waals surface area (Å²) in [4.78, 5) is 19.9. The number of amides is 1. The van der Waals surface area contributed by atoms with Crippen LogP contribution in [0, 0.1) is 11.2 Å². The Hall–Kier alpha value is -2.55. The number of pyridine rings is 1. The molecule has 1 aromatic heterocycles. The quantitative estimate of drug-likeness (QED) is 0.398. The Morgan fingerprint density at radius 1 is 1.14 bits per heavy atom. The largest absolute Gasteiger partial charge is 0.386 e. The van der Waals surface area contributed by atoms with Crippen molar-refractivity contribution in [3.8, 4) is 0 Å². The second-order valence-corrected chi connectivity index (χ2v) is 11.3. The molecule has 1 unspecified atom stereocenters. The smallest absolute Gasteiger partial charge is 0.257 e. The van der Waals surface area contributed by atoms with E-state index in [2.05, 4.69) is 4.98 Å². The minimum Gasteiger partial charge on any atom is -0.386 e. The number of benzene rings is 2. The molecule has 1 aliphatic carbocycles. The highest BCUT2D eigenvalue weighted by Crippen LogP contribution is 2.52. The lowest BCUT2D eigenvalue weighted by Crippen LogP contribution is -2.48. The van der Waals surface area contributed by atoms with Crippen LogP contribution < -0.4 is 5.73 Å².